The monoisotopic (exact) mass is 284 g/mol. The van der Waals surface area contributed by atoms with Crippen LogP contribution in [0.3, 0.4) is 0 Å². The first kappa shape index (κ1) is 12.5. The van der Waals surface area contributed by atoms with E-state index in [2.05, 4.69) is 15.2 Å². The summed E-state index contributed by atoms with van der Waals surface area (Å²) < 4.78 is 0. The van der Waals surface area contributed by atoms with E-state index in [1.54, 1.807) is 18.2 Å². The number of isocyanates is 1. The highest BCUT2D eigenvalue weighted by Crippen LogP contribution is 2.24. The largest absolute Gasteiger partial charge is 0.240 e. The van der Waals surface area contributed by atoms with E-state index >= 15 is 0 Å². The third-order valence-electron chi connectivity index (χ3n) is 2.92. The lowest BCUT2D eigenvalue weighted by Gasteiger charge is -1.97. The molecule has 3 aromatic rings. The molecule has 0 bridgehead atoms. The van der Waals surface area contributed by atoms with Crippen molar-refractivity contribution in [3.8, 4) is 5.69 Å². The van der Waals surface area contributed by atoms with Crippen LogP contribution >= 0.6 is 11.6 Å². The van der Waals surface area contributed by atoms with E-state index < -0.39 is 0 Å². The Labute approximate surface area is 119 Å². The van der Waals surface area contributed by atoms with Gasteiger partial charge in [-0.1, -0.05) is 11.6 Å². The smallest absolute Gasteiger partial charge is 0.211 e. The number of aromatic nitrogens is 3. The minimum Gasteiger partial charge on any atom is -0.211 e. The number of halogens is 1. The number of benzene rings is 2. The summed E-state index contributed by atoms with van der Waals surface area (Å²) in [6, 6.07) is 10.8. The summed E-state index contributed by atoms with van der Waals surface area (Å²) in [7, 11) is 0. The zero-order valence-corrected chi connectivity index (χ0v) is 11.3. The molecule has 0 aliphatic rings. The molecule has 0 spiro atoms. The van der Waals surface area contributed by atoms with Crippen LogP contribution in [-0.2, 0) is 4.79 Å². The summed E-state index contributed by atoms with van der Waals surface area (Å²) in [6.07, 6.45) is 1.54. The minimum absolute atomic E-state index is 0.552. The molecule has 0 N–H and O–H groups in total. The summed E-state index contributed by atoms with van der Waals surface area (Å²) in [5, 5.41) is 9.42. The summed E-state index contributed by atoms with van der Waals surface area (Å²) in [5.41, 5.74) is 3.62. The van der Waals surface area contributed by atoms with Crippen molar-refractivity contribution in [2.24, 2.45) is 4.99 Å². The van der Waals surface area contributed by atoms with E-state index in [0.29, 0.717) is 16.2 Å². The number of fused-ring (bicyclic) bond motifs is 1. The van der Waals surface area contributed by atoms with Crippen LogP contribution in [-0.4, -0.2) is 21.1 Å². The topological polar surface area (TPSA) is 60.1 Å². The summed E-state index contributed by atoms with van der Waals surface area (Å²) >= 11 is 5.86. The molecule has 3 rings (SSSR count). The van der Waals surface area contributed by atoms with Gasteiger partial charge in [0, 0.05) is 5.02 Å². The predicted octanol–water partition coefficient (Wildman–Crippen LogP) is 3.35. The lowest BCUT2D eigenvalue weighted by atomic mass is 10.2. The highest BCUT2D eigenvalue weighted by atomic mass is 35.5. The van der Waals surface area contributed by atoms with Crippen LogP contribution in [0.4, 0.5) is 5.69 Å². The second-order valence-electron chi connectivity index (χ2n) is 4.30. The van der Waals surface area contributed by atoms with E-state index in [1.165, 1.54) is 10.9 Å². The molecule has 98 valence electrons. The van der Waals surface area contributed by atoms with Crippen molar-refractivity contribution in [1.29, 1.82) is 0 Å². The first-order valence-corrected chi connectivity index (χ1v) is 6.27. The van der Waals surface area contributed by atoms with E-state index in [4.69, 9.17) is 11.6 Å². The molecule has 0 saturated heterocycles. The molecule has 0 aliphatic carbocycles. The van der Waals surface area contributed by atoms with Crippen LogP contribution < -0.4 is 0 Å². The van der Waals surface area contributed by atoms with Gasteiger partial charge in [-0.15, -0.1) is 10.2 Å². The van der Waals surface area contributed by atoms with Crippen LogP contribution in [0.15, 0.2) is 41.4 Å². The van der Waals surface area contributed by atoms with Crippen LogP contribution in [0.1, 0.15) is 5.56 Å². The zero-order chi connectivity index (χ0) is 14.1. The van der Waals surface area contributed by atoms with Gasteiger partial charge in [0.2, 0.25) is 6.08 Å². The molecule has 6 heteroatoms. The molecule has 0 fully saturated rings. The number of hydrogen-bond acceptors (Lipinski definition) is 4. The third-order valence-corrected chi connectivity index (χ3v) is 3.17. The molecule has 0 atom stereocenters. The molecule has 0 unspecified atom stereocenters. The lowest BCUT2D eigenvalue weighted by Crippen LogP contribution is -1.97. The molecular weight excluding hydrogens is 276 g/mol. The molecule has 0 saturated carbocycles. The van der Waals surface area contributed by atoms with Gasteiger partial charge in [0.25, 0.3) is 0 Å². The van der Waals surface area contributed by atoms with E-state index in [0.717, 1.165) is 16.8 Å². The van der Waals surface area contributed by atoms with Gasteiger partial charge in [0.05, 0.1) is 11.4 Å². The fraction of sp³-hybridized carbons (Fsp3) is 0.0714. The third kappa shape index (κ3) is 2.20. The second-order valence-corrected chi connectivity index (χ2v) is 4.73. The average Bonchev–Trinajstić information content (AvgIpc) is 2.83. The number of nitrogens with zero attached hydrogens (tertiary/aromatic N) is 4. The molecule has 0 aliphatic heterocycles. The van der Waals surface area contributed by atoms with Crippen molar-refractivity contribution in [3.63, 3.8) is 0 Å². The number of aryl methyl sites for hydroxylation is 1. The summed E-state index contributed by atoms with van der Waals surface area (Å²) in [6.45, 7) is 1.86. The van der Waals surface area contributed by atoms with E-state index in [9.17, 15) is 4.79 Å². The number of aliphatic imine (C=N–C) groups is 1. The summed E-state index contributed by atoms with van der Waals surface area (Å²) in [4.78, 5) is 15.5. The Morgan fingerprint density at radius 1 is 1.15 bits per heavy atom. The Morgan fingerprint density at radius 2 is 1.80 bits per heavy atom. The van der Waals surface area contributed by atoms with Gasteiger partial charge in [-0.2, -0.15) is 9.79 Å². The van der Waals surface area contributed by atoms with Crippen LogP contribution in [0.5, 0.6) is 0 Å². The zero-order valence-electron chi connectivity index (χ0n) is 10.5. The molecule has 20 heavy (non-hydrogen) atoms. The first-order valence-electron chi connectivity index (χ1n) is 5.89. The van der Waals surface area contributed by atoms with Crippen molar-refractivity contribution in [2.45, 2.75) is 6.92 Å². The van der Waals surface area contributed by atoms with Gasteiger partial charge in [0.15, 0.2) is 0 Å². The van der Waals surface area contributed by atoms with Crippen molar-refractivity contribution in [3.05, 3.63) is 47.0 Å². The quantitative estimate of drug-likeness (QED) is 0.535. The van der Waals surface area contributed by atoms with E-state index in [1.807, 2.05) is 25.1 Å². The van der Waals surface area contributed by atoms with Gasteiger partial charge >= 0.3 is 0 Å². The van der Waals surface area contributed by atoms with Gasteiger partial charge in [0.1, 0.15) is 11.0 Å². The normalized spacial score (nSPS) is 10.5. The molecule has 0 amide bonds. The van der Waals surface area contributed by atoms with Crippen LogP contribution in [0.2, 0.25) is 5.02 Å². The Kier molecular flexibility index (Phi) is 3.06. The Morgan fingerprint density at radius 3 is 2.45 bits per heavy atom. The first-order chi connectivity index (χ1) is 9.67. The fourth-order valence-corrected chi connectivity index (χ4v) is 2.04. The maximum Gasteiger partial charge on any atom is 0.240 e. The van der Waals surface area contributed by atoms with Crippen molar-refractivity contribution >= 4 is 34.4 Å². The lowest BCUT2D eigenvalue weighted by molar-refractivity contribution is 0.565. The SMILES string of the molecule is Cc1cc2nn(-c3ccc(Cl)cc3)nc2cc1N=C=O. The highest BCUT2D eigenvalue weighted by molar-refractivity contribution is 6.30. The maximum atomic E-state index is 10.4. The van der Waals surface area contributed by atoms with Gasteiger partial charge < -0.3 is 0 Å². The fourth-order valence-electron chi connectivity index (χ4n) is 1.92. The van der Waals surface area contributed by atoms with Gasteiger partial charge in [-0.05, 0) is 48.9 Å². The average molecular weight is 285 g/mol. The molecule has 1 aromatic heterocycles. The summed E-state index contributed by atoms with van der Waals surface area (Å²) in [5.74, 6) is 0. The molecule has 2 aromatic carbocycles. The van der Waals surface area contributed by atoms with Crippen molar-refractivity contribution < 1.29 is 4.79 Å². The van der Waals surface area contributed by atoms with Crippen molar-refractivity contribution in [2.75, 3.05) is 0 Å². The second kappa shape index (κ2) is 4.89. The Balaban J connectivity index is 2.15. The van der Waals surface area contributed by atoms with E-state index in [-0.39, 0.29) is 0 Å². The number of rotatable bonds is 2. The standard InChI is InChI=1S/C14H9ClN4O/c1-9-6-13-14(7-12(9)16-8-20)18-19(17-13)11-4-2-10(15)3-5-11/h2-7H,1H3. The minimum atomic E-state index is 0.552. The van der Waals surface area contributed by atoms with Gasteiger partial charge in [-0.25, -0.2) is 4.79 Å². The van der Waals surface area contributed by atoms with Crippen LogP contribution in [0.25, 0.3) is 16.7 Å². The number of carbonyl (C=O) groups excluding carboxylic acids is 1. The Bertz CT molecular complexity index is 832. The molecule has 0 radical (unpaired) electrons. The highest BCUT2D eigenvalue weighted by Gasteiger charge is 2.08. The molecule has 1 heterocycles. The molecule has 5 nitrogen and oxygen atoms in total. The maximum absolute atomic E-state index is 10.4. The molecular formula is C14H9ClN4O. The van der Waals surface area contributed by atoms with Crippen LogP contribution in [0, 0.1) is 6.92 Å². The predicted molar refractivity (Wildman–Crippen MR) is 76.4 cm³/mol. The van der Waals surface area contributed by atoms with Crippen molar-refractivity contribution in [1.82, 2.24) is 15.0 Å². The van der Waals surface area contributed by atoms with Gasteiger partial charge in [-0.3, -0.25) is 0 Å². The number of hydrogen-bond donors (Lipinski definition) is 0. The Hall–Kier alpha value is -2.49.